The Bertz CT molecular complexity index is 1200. The predicted molar refractivity (Wildman–Crippen MR) is 110 cm³/mol. The van der Waals surface area contributed by atoms with Crippen molar-refractivity contribution in [3.05, 3.63) is 66.6 Å². The average molecular weight is 448 g/mol. The molecule has 0 atom stereocenters. The Balaban J connectivity index is 1.43. The van der Waals surface area contributed by atoms with E-state index in [1.54, 1.807) is 41.5 Å². The second kappa shape index (κ2) is 8.26. The molecule has 2 aromatic heterocycles. The predicted octanol–water partition coefficient (Wildman–Crippen LogP) is 1.53. The highest BCUT2D eigenvalue weighted by molar-refractivity contribution is 7.89. The number of pyridine rings is 1. The van der Waals surface area contributed by atoms with Gasteiger partial charge in [-0.3, -0.25) is 0 Å². The van der Waals surface area contributed by atoms with Crippen LogP contribution in [0.4, 0.5) is 0 Å². The molecule has 1 aromatic carbocycles. The van der Waals surface area contributed by atoms with Crippen LogP contribution in [0.5, 0.6) is 0 Å². The van der Waals surface area contributed by atoms with Gasteiger partial charge in [0.1, 0.15) is 0 Å². The summed E-state index contributed by atoms with van der Waals surface area (Å²) in [7, 11) is -7.37. The third kappa shape index (κ3) is 4.29. The second-order valence-electron chi connectivity index (χ2n) is 6.88. The largest absolute Gasteiger partial charge is 0.243 e. The standard InChI is InChI=1S/C19H21N5O4S2/c25-29(26,22-15-16-4-9-19(20-14-16)24-13-3-10-21-24)17-5-7-18(8-6-17)30(27,28)23-11-1-2-12-23/h3-10,13-14,22H,1-2,11-12,15H2. The summed E-state index contributed by atoms with van der Waals surface area (Å²) in [6, 6.07) is 10.6. The van der Waals surface area contributed by atoms with E-state index in [4.69, 9.17) is 0 Å². The highest BCUT2D eigenvalue weighted by Gasteiger charge is 2.27. The number of rotatable bonds is 7. The highest BCUT2D eigenvalue weighted by Crippen LogP contribution is 2.22. The molecule has 4 rings (SSSR count). The van der Waals surface area contributed by atoms with Gasteiger partial charge in [-0.25, -0.2) is 31.2 Å². The minimum atomic E-state index is -3.80. The van der Waals surface area contributed by atoms with E-state index < -0.39 is 20.0 Å². The summed E-state index contributed by atoms with van der Waals surface area (Å²) in [5.41, 5.74) is 0.683. The molecule has 1 aliphatic rings. The highest BCUT2D eigenvalue weighted by atomic mass is 32.2. The van der Waals surface area contributed by atoms with Crippen molar-refractivity contribution < 1.29 is 16.8 Å². The van der Waals surface area contributed by atoms with Crippen molar-refractivity contribution in [3.63, 3.8) is 0 Å². The van der Waals surface area contributed by atoms with E-state index in [2.05, 4.69) is 14.8 Å². The Morgan fingerprint density at radius 2 is 1.63 bits per heavy atom. The molecule has 158 valence electrons. The number of nitrogens with one attached hydrogen (secondary N) is 1. The Morgan fingerprint density at radius 1 is 0.933 bits per heavy atom. The number of aromatic nitrogens is 3. The summed E-state index contributed by atoms with van der Waals surface area (Å²) in [6.45, 7) is 1.05. The topological polar surface area (TPSA) is 114 Å². The lowest BCUT2D eigenvalue weighted by atomic mass is 10.3. The van der Waals surface area contributed by atoms with Gasteiger partial charge in [0.05, 0.1) is 9.79 Å². The van der Waals surface area contributed by atoms with Crippen LogP contribution >= 0.6 is 0 Å². The molecular formula is C19H21N5O4S2. The smallest absolute Gasteiger partial charge is 0.237 e. The molecule has 0 aliphatic carbocycles. The summed E-state index contributed by atoms with van der Waals surface area (Å²) < 4.78 is 55.8. The molecular weight excluding hydrogens is 426 g/mol. The Labute approximate surface area is 175 Å². The van der Waals surface area contributed by atoms with E-state index in [0.717, 1.165) is 12.8 Å². The van der Waals surface area contributed by atoms with E-state index in [-0.39, 0.29) is 16.3 Å². The molecule has 0 bridgehead atoms. The lowest BCUT2D eigenvalue weighted by molar-refractivity contribution is 0.477. The quantitative estimate of drug-likeness (QED) is 0.587. The Kier molecular flexibility index (Phi) is 5.69. The maximum absolute atomic E-state index is 12.6. The van der Waals surface area contributed by atoms with Crippen LogP contribution in [0, 0.1) is 0 Å². The van der Waals surface area contributed by atoms with Gasteiger partial charge in [0.2, 0.25) is 20.0 Å². The summed E-state index contributed by atoms with van der Waals surface area (Å²) in [5.74, 6) is 0.626. The first-order valence-corrected chi connectivity index (χ1v) is 12.3. The molecule has 0 spiro atoms. The van der Waals surface area contributed by atoms with E-state index in [0.29, 0.717) is 24.5 Å². The normalized spacial score (nSPS) is 15.5. The zero-order chi connectivity index (χ0) is 21.2. The van der Waals surface area contributed by atoms with E-state index >= 15 is 0 Å². The molecule has 1 fully saturated rings. The van der Waals surface area contributed by atoms with Gasteiger partial charge in [-0.15, -0.1) is 0 Å². The molecule has 3 heterocycles. The SMILES string of the molecule is O=S(=O)(NCc1ccc(-n2cccn2)nc1)c1ccc(S(=O)(=O)N2CCCC2)cc1. The molecule has 3 aromatic rings. The number of nitrogens with zero attached hydrogens (tertiary/aromatic N) is 4. The van der Waals surface area contributed by atoms with Crippen LogP contribution in [0.25, 0.3) is 5.82 Å². The molecule has 1 saturated heterocycles. The van der Waals surface area contributed by atoms with E-state index in [1.807, 2.05) is 0 Å². The molecule has 0 radical (unpaired) electrons. The van der Waals surface area contributed by atoms with Gasteiger partial charge in [0.15, 0.2) is 5.82 Å². The van der Waals surface area contributed by atoms with Crippen LogP contribution in [0.2, 0.25) is 0 Å². The van der Waals surface area contributed by atoms with Crippen molar-refractivity contribution in [2.24, 2.45) is 0 Å². The fraction of sp³-hybridized carbons (Fsp3) is 0.263. The van der Waals surface area contributed by atoms with Crippen LogP contribution < -0.4 is 4.72 Å². The van der Waals surface area contributed by atoms with Gasteiger partial charge in [-0.05, 0) is 54.8 Å². The first-order valence-electron chi connectivity index (χ1n) is 9.41. The maximum Gasteiger partial charge on any atom is 0.243 e. The Morgan fingerprint density at radius 3 is 2.23 bits per heavy atom. The van der Waals surface area contributed by atoms with Gasteiger partial charge >= 0.3 is 0 Å². The van der Waals surface area contributed by atoms with Crippen molar-refractivity contribution >= 4 is 20.0 Å². The van der Waals surface area contributed by atoms with Crippen LogP contribution in [0.1, 0.15) is 18.4 Å². The molecule has 30 heavy (non-hydrogen) atoms. The fourth-order valence-electron chi connectivity index (χ4n) is 3.19. The average Bonchev–Trinajstić information content (AvgIpc) is 3.47. The summed E-state index contributed by atoms with van der Waals surface area (Å²) in [6.07, 6.45) is 6.66. The zero-order valence-corrected chi connectivity index (χ0v) is 17.7. The summed E-state index contributed by atoms with van der Waals surface area (Å²) in [5, 5.41) is 4.09. The fourth-order valence-corrected chi connectivity index (χ4v) is 5.73. The number of hydrogen-bond donors (Lipinski definition) is 1. The third-order valence-corrected chi connectivity index (χ3v) is 8.18. The number of hydrogen-bond acceptors (Lipinski definition) is 6. The summed E-state index contributed by atoms with van der Waals surface area (Å²) >= 11 is 0. The second-order valence-corrected chi connectivity index (χ2v) is 10.6. The summed E-state index contributed by atoms with van der Waals surface area (Å²) in [4.78, 5) is 4.37. The van der Waals surface area contributed by atoms with Gasteiger partial charge in [-0.1, -0.05) is 6.07 Å². The van der Waals surface area contributed by atoms with E-state index in [1.165, 1.54) is 28.6 Å². The molecule has 0 saturated carbocycles. The molecule has 0 unspecified atom stereocenters. The van der Waals surface area contributed by atoms with Crippen molar-refractivity contribution in [1.29, 1.82) is 0 Å². The molecule has 1 N–H and O–H groups in total. The third-order valence-electron chi connectivity index (χ3n) is 4.85. The number of benzene rings is 1. The van der Waals surface area contributed by atoms with Gasteiger partial charge in [0, 0.05) is 38.2 Å². The first-order chi connectivity index (χ1) is 14.4. The number of sulfonamides is 2. The van der Waals surface area contributed by atoms with Crippen LogP contribution in [-0.2, 0) is 26.6 Å². The van der Waals surface area contributed by atoms with Crippen molar-refractivity contribution in [2.75, 3.05) is 13.1 Å². The van der Waals surface area contributed by atoms with Gasteiger partial charge < -0.3 is 0 Å². The molecule has 9 nitrogen and oxygen atoms in total. The minimum Gasteiger partial charge on any atom is -0.237 e. The maximum atomic E-state index is 12.6. The minimum absolute atomic E-state index is 0.00370. The van der Waals surface area contributed by atoms with Crippen LogP contribution in [0.3, 0.4) is 0 Å². The lowest BCUT2D eigenvalue weighted by Crippen LogP contribution is -2.28. The molecule has 11 heteroatoms. The molecule has 0 amide bonds. The van der Waals surface area contributed by atoms with E-state index in [9.17, 15) is 16.8 Å². The zero-order valence-electron chi connectivity index (χ0n) is 16.0. The van der Waals surface area contributed by atoms with Gasteiger partial charge in [0.25, 0.3) is 0 Å². The van der Waals surface area contributed by atoms with Gasteiger partial charge in [-0.2, -0.15) is 9.40 Å². The van der Waals surface area contributed by atoms with Crippen LogP contribution in [-0.4, -0.2) is 49.0 Å². The monoisotopic (exact) mass is 447 g/mol. The first kappa shape index (κ1) is 20.7. The van der Waals surface area contributed by atoms with Crippen molar-refractivity contribution in [2.45, 2.75) is 29.2 Å². The Hall–Kier alpha value is -2.60. The lowest BCUT2D eigenvalue weighted by Gasteiger charge is -2.15. The van der Waals surface area contributed by atoms with Crippen molar-refractivity contribution in [3.8, 4) is 5.82 Å². The molecule has 1 aliphatic heterocycles. The van der Waals surface area contributed by atoms with Crippen LogP contribution in [0.15, 0.2) is 70.8 Å². The van der Waals surface area contributed by atoms with Crippen molar-refractivity contribution in [1.82, 2.24) is 23.8 Å².